The lowest BCUT2D eigenvalue weighted by Crippen LogP contribution is -2.46. The molecule has 0 saturated carbocycles. The van der Waals surface area contributed by atoms with Crippen LogP contribution in [0.5, 0.6) is 0 Å². The summed E-state index contributed by atoms with van der Waals surface area (Å²) in [5.74, 6) is 0.106. The lowest BCUT2D eigenvalue weighted by molar-refractivity contribution is -0.143. The van der Waals surface area contributed by atoms with Crippen LogP contribution in [0, 0.1) is 5.92 Å². The van der Waals surface area contributed by atoms with Gasteiger partial charge in [-0.15, -0.1) is 10.2 Å². The van der Waals surface area contributed by atoms with Crippen LogP contribution in [-0.2, 0) is 20.7 Å². The fourth-order valence-electron chi connectivity index (χ4n) is 3.14. The van der Waals surface area contributed by atoms with Gasteiger partial charge in [0.1, 0.15) is 11.1 Å². The van der Waals surface area contributed by atoms with Crippen molar-refractivity contribution in [2.75, 3.05) is 32.0 Å². The van der Waals surface area contributed by atoms with E-state index in [2.05, 4.69) is 15.5 Å². The summed E-state index contributed by atoms with van der Waals surface area (Å²) in [7, 11) is 0. The van der Waals surface area contributed by atoms with Crippen LogP contribution in [0.25, 0.3) is 0 Å². The standard InChI is InChI=1S/C15H23N5O3S/c16-15-19-18-12(24-15)3-6-17-13(21)10-4-7-20(8-5-10)14(22)11-2-1-9-23-11/h10-11H,1-9H2,(H2,16,19)(H,17,21)/t11-/m0/s1. The maximum Gasteiger partial charge on any atom is 0.251 e. The summed E-state index contributed by atoms with van der Waals surface area (Å²) in [6.45, 7) is 2.46. The summed E-state index contributed by atoms with van der Waals surface area (Å²) in [6.07, 6.45) is 3.54. The van der Waals surface area contributed by atoms with E-state index in [0.29, 0.717) is 50.6 Å². The minimum Gasteiger partial charge on any atom is -0.374 e. The number of piperidine rings is 1. The zero-order chi connectivity index (χ0) is 16.9. The van der Waals surface area contributed by atoms with Gasteiger partial charge in [0, 0.05) is 38.6 Å². The first-order valence-corrected chi connectivity index (χ1v) is 9.21. The van der Waals surface area contributed by atoms with Gasteiger partial charge in [0.2, 0.25) is 11.0 Å². The summed E-state index contributed by atoms with van der Waals surface area (Å²) in [6, 6.07) is 0. The molecule has 3 N–H and O–H groups in total. The van der Waals surface area contributed by atoms with Crippen molar-refractivity contribution in [3.63, 3.8) is 0 Å². The zero-order valence-electron chi connectivity index (χ0n) is 13.6. The smallest absolute Gasteiger partial charge is 0.251 e. The number of amides is 2. The van der Waals surface area contributed by atoms with Crippen molar-refractivity contribution in [1.82, 2.24) is 20.4 Å². The highest BCUT2D eigenvalue weighted by atomic mass is 32.1. The van der Waals surface area contributed by atoms with E-state index in [1.165, 1.54) is 11.3 Å². The minimum atomic E-state index is -0.269. The van der Waals surface area contributed by atoms with Gasteiger partial charge in [-0.3, -0.25) is 9.59 Å². The number of rotatable bonds is 5. The Balaban J connectivity index is 1.37. The third-order valence-corrected chi connectivity index (χ3v) is 5.32. The van der Waals surface area contributed by atoms with Crippen LogP contribution in [0.4, 0.5) is 5.13 Å². The first-order chi connectivity index (χ1) is 11.6. The molecule has 0 radical (unpaired) electrons. The summed E-state index contributed by atoms with van der Waals surface area (Å²) in [4.78, 5) is 26.4. The fraction of sp³-hybridized carbons (Fsp3) is 0.733. The maximum absolute atomic E-state index is 12.3. The third kappa shape index (κ3) is 4.21. The molecular weight excluding hydrogens is 330 g/mol. The molecule has 8 nitrogen and oxygen atoms in total. The van der Waals surface area contributed by atoms with Gasteiger partial charge < -0.3 is 20.7 Å². The van der Waals surface area contributed by atoms with E-state index in [9.17, 15) is 9.59 Å². The largest absolute Gasteiger partial charge is 0.374 e. The molecule has 24 heavy (non-hydrogen) atoms. The average molecular weight is 353 g/mol. The fourth-order valence-corrected chi connectivity index (χ4v) is 3.75. The van der Waals surface area contributed by atoms with Crippen LogP contribution in [0.15, 0.2) is 0 Å². The Hall–Kier alpha value is -1.74. The van der Waals surface area contributed by atoms with Crippen LogP contribution in [0.3, 0.4) is 0 Å². The number of nitrogens with two attached hydrogens (primary N) is 1. The third-order valence-electron chi connectivity index (χ3n) is 4.50. The molecule has 2 aliphatic rings. The van der Waals surface area contributed by atoms with Gasteiger partial charge >= 0.3 is 0 Å². The number of anilines is 1. The minimum absolute atomic E-state index is 0.0296. The van der Waals surface area contributed by atoms with Crippen molar-refractivity contribution < 1.29 is 14.3 Å². The number of likely N-dealkylation sites (tertiary alicyclic amines) is 1. The van der Waals surface area contributed by atoms with Crippen LogP contribution >= 0.6 is 11.3 Å². The second-order valence-electron chi connectivity index (χ2n) is 6.18. The van der Waals surface area contributed by atoms with Crippen molar-refractivity contribution in [2.45, 2.75) is 38.2 Å². The molecule has 1 aromatic rings. The van der Waals surface area contributed by atoms with E-state index in [-0.39, 0.29) is 23.8 Å². The second-order valence-corrected chi connectivity index (χ2v) is 7.27. The number of carbonyl (C=O) groups excluding carboxylic acids is 2. The van der Waals surface area contributed by atoms with Crippen molar-refractivity contribution >= 4 is 28.3 Å². The molecule has 2 saturated heterocycles. The van der Waals surface area contributed by atoms with Crippen LogP contribution in [0.1, 0.15) is 30.7 Å². The molecule has 2 fully saturated rings. The van der Waals surface area contributed by atoms with E-state index in [1.54, 1.807) is 0 Å². The first kappa shape index (κ1) is 17.1. The van der Waals surface area contributed by atoms with Gasteiger partial charge in [-0.05, 0) is 25.7 Å². The Morgan fingerprint density at radius 2 is 2.08 bits per heavy atom. The normalized spacial score (nSPS) is 21.8. The highest BCUT2D eigenvalue weighted by molar-refractivity contribution is 7.15. The van der Waals surface area contributed by atoms with Gasteiger partial charge in [0.25, 0.3) is 5.91 Å². The highest BCUT2D eigenvalue weighted by Gasteiger charge is 2.32. The molecule has 1 atom stereocenters. The molecule has 9 heteroatoms. The lowest BCUT2D eigenvalue weighted by atomic mass is 9.95. The van der Waals surface area contributed by atoms with Crippen LogP contribution in [-0.4, -0.2) is 59.3 Å². The molecular formula is C15H23N5O3S. The van der Waals surface area contributed by atoms with Crippen molar-refractivity contribution in [2.24, 2.45) is 5.92 Å². The predicted molar refractivity (Wildman–Crippen MR) is 89.3 cm³/mol. The van der Waals surface area contributed by atoms with Crippen LogP contribution < -0.4 is 11.1 Å². The van der Waals surface area contributed by atoms with E-state index in [0.717, 1.165) is 17.8 Å². The molecule has 3 rings (SSSR count). The number of nitrogens with zero attached hydrogens (tertiary/aromatic N) is 3. The number of hydrogen-bond acceptors (Lipinski definition) is 7. The predicted octanol–water partition coefficient (Wildman–Crippen LogP) is 0.197. The van der Waals surface area contributed by atoms with Crippen molar-refractivity contribution in [3.05, 3.63) is 5.01 Å². The summed E-state index contributed by atoms with van der Waals surface area (Å²) in [5.41, 5.74) is 5.53. The Bertz CT molecular complexity index is 579. The van der Waals surface area contributed by atoms with Gasteiger partial charge in [-0.2, -0.15) is 0 Å². The van der Waals surface area contributed by atoms with E-state index >= 15 is 0 Å². The molecule has 0 bridgehead atoms. The zero-order valence-corrected chi connectivity index (χ0v) is 14.4. The molecule has 0 unspecified atom stereocenters. The monoisotopic (exact) mass is 353 g/mol. The molecule has 1 aromatic heterocycles. The number of carbonyl (C=O) groups is 2. The molecule has 0 aliphatic carbocycles. The van der Waals surface area contributed by atoms with Crippen LogP contribution in [0.2, 0.25) is 0 Å². The highest BCUT2D eigenvalue weighted by Crippen LogP contribution is 2.21. The first-order valence-electron chi connectivity index (χ1n) is 8.39. The van der Waals surface area contributed by atoms with Crippen molar-refractivity contribution in [1.29, 1.82) is 0 Å². The van der Waals surface area contributed by atoms with E-state index in [1.807, 2.05) is 4.90 Å². The number of aromatic nitrogens is 2. The molecule has 2 amide bonds. The quantitative estimate of drug-likeness (QED) is 0.782. The SMILES string of the molecule is Nc1nnc(CCNC(=O)C2CCN(C(=O)[C@@H]3CCCO3)CC2)s1. The number of nitrogen functional groups attached to an aromatic ring is 1. The Labute approximate surface area is 144 Å². The Morgan fingerprint density at radius 1 is 1.29 bits per heavy atom. The Morgan fingerprint density at radius 3 is 2.71 bits per heavy atom. The van der Waals surface area contributed by atoms with Gasteiger partial charge in [-0.25, -0.2) is 0 Å². The second kappa shape index (κ2) is 7.89. The molecule has 2 aliphatic heterocycles. The number of nitrogens with one attached hydrogen (secondary N) is 1. The van der Waals surface area contributed by atoms with Gasteiger partial charge in [-0.1, -0.05) is 11.3 Å². The Kier molecular flexibility index (Phi) is 5.62. The molecule has 3 heterocycles. The number of hydrogen-bond donors (Lipinski definition) is 2. The van der Waals surface area contributed by atoms with E-state index in [4.69, 9.17) is 10.5 Å². The summed E-state index contributed by atoms with van der Waals surface area (Å²) in [5, 5.41) is 11.9. The molecule has 132 valence electrons. The average Bonchev–Trinajstić information content (AvgIpc) is 3.26. The summed E-state index contributed by atoms with van der Waals surface area (Å²) < 4.78 is 5.45. The van der Waals surface area contributed by atoms with Gasteiger partial charge in [0.05, 0.1) is 0 Å². The maximum atomic E-state index is 12.3. The molecule has 0 spiro atoms. The van der Waals surface area contributed by atoms with Crippen molar-refractivity contribution in [3.8, 4) is 0 Å². The summed E-state index contributed by atoms with van der Waals surface area (Å²) >= 11 is 1.34. The number of ether oxygens (including phenoxy) is 1. The molecule has 0 aromatic carbocycles. The van der Waals surface area contributed by atoms with Gasteiger partial charge in [0.15, 0.2) is 0 Å². The topological polar surface area (TPSA) is 110 Å². The van der Waals surface area contributed by atoms with E-state index < -0.39 is 0 Å². The lowest BCUT2D eigenvalue weighted by Gasteiger charge is -2.32.